The van der Waals surface area contributed by atoms with Crippen molar-refractivity contribution in [2.45, 2.75) is 96.8 Å². The summed E-state index contributed by atoms with van der Waals surface area (Å²) in [7, 11) is -2.41. The molecule has 0 amide bonds. The Kier molecular flexibility index (Phi) is 9.26. The fraction of sp³-hybridized carbons (Fsp3) is 1.00. The molecule has 1 heterocycles. The van der Waals surface area contributed by atoms with Crippen LogP contribution in [0.3, 0.4) is 0 Å². The minimum atomic E-state index is -2.41. The Balaban J connectivity index is 1.52. The van der Waals surface area contributed by atoms with Crippen LogP contribution >= 0.6 is 0 Å². The molecule has 0 spiro atoms. The summed E-state index contributed by atoms with van der Waals surface area (Å²) < 4.78 is 23.4. The van der Waals surface area contributed by atoms with Crippen LogP contribution in [0.4, 0.5) is 0 Å². The Morgan fingerprint density at radius 3 is 2.04 bits per heavy atom. The number of epoxide rings is 1. The van der Waals surface area contributed by atoms with Crippen molar-refractivity contribution in [3.8, 4) is 0 Å². The fourth-order valence-corrected chi connectivity index (χ4v) is 6.74. The lowest BCUT2D eigenvalue weighted by atomic mass is 9.85. The molecule has 142 valence electrons. The maximum atomic E-state index is 5.91. The summed E-state index contributed by atoms with van der Waals surface area (Å²) in [5.41, 5.74) is 0. The molecular formula is C19H38O4Si. The average molecular weight is 359 g/mol. The molecule has 0 aromatic rings. The number of ether oxygens (including phenoxy) is 1. The molecule has 0 bridgehead atoms. The van der Waals surface area contributed by atoms with Crippen LogP contribution < -0.4 is 0 Å². The predicted molar refractivity (Wildman–Crippen MR) is 99.1 cm³/mol. The van der Waals surface area contributed by atoms with E-state index in [0.717, 1.165) is 18.4 Å². The van der Waals surface area contributed by atoms with Crippen LogP contribution in [-0.4, -0.2) is 40.8 Å². The van der Waals surface area contributed by atoms with Gasteiger partial charge in [0, 0.05) is 25.9 Å². The summed E-state index contributed by atoms with van der Waals surface area (Å²) in [6.07, 6.45) is 13.2. The van der Waals surface area contributed by atoms with Gasteiger partial charge in [0.05, 0.1) is 12.2 Å². The van der Waals surface area contributed by atoms with Gasteiger partial charge >= 0.3 is 8.80 Å². The zero-order chi connectivity index (χ0) is 17.3. The Bertz CT molecular complexity index is 322. The van der Waals surface area contributed by atoms with Crippen LogP contribution in [0.1, 0.15) is 78.6 Å². The molecule has 3 atom stereocenters. The van der Waals surface area contributed by atoms with Gasteiger partial charge in [-0.15, -0.1) is 0 Å². The summed E-state index contributed by atoms with van der Waals surface area (Å²) >= 11 is 0. The molecule has 1 saturated carbocycles. The minimum Gasteiger partial charge on any atom is -0.374 e. The third-order valence-corrected chi connectivity index (χ3v) is 8.45. The topological polar surface area (TPSA) is 40.2 Å². The van der Waals surface area contributed by atoms with Crippen molar-refractivity contribution >= 4 is 8.80 Å². The molecule has 3 unspecified atom stereocenters. The van der Waals surface area contributed by atoms with Gasteiger partial charge in [-0.05, 0) is 52.4 Å². The van der Waals surface area contributed by atoms with Crippen LogP contribution in [0.25, 0.3) is 0 Å². The summed E-state index contributed by atoms with van der Waals surface area (Å²) in [6, 6.07) is 0.964. The van der Waals surface area contributed by atoms with Crippen LogP contribution in [0, 0.1) is 5.92 Å². The van der Waals surface area contributed by atoms with Gasteiger partial charge in [-0.1, -0.05) is 32.1 Å². The van der Waals surface area contributed by atoms with E-state index in [1.54, 1.807) is 0 Å². The van der Waals surface area contributed by atoms with E-state index >= 15 is 0 Å². The molecule has 0 radical (unpaired) electrons. The van der Waals surface area contributed by atoms with Gasteiger partial charge in [-0.2, -0.15) is 0 Å². The maximum absolute atomic E-state index is 5.91. The third kappa shape index (κ3) is 6.75. The van der Waals surface area contributed by atoms with E-state index in [1.165, 1.54) is 51.4 Å². The van der Waals surface area contributed by atoms with Gasteiger partial charge in [-0.25, -0.2) is 0 Å². The van der Waals surface area contributed by atoms with Crippen molar-refractivity contribution in [3.05, 3.63) is 0 Å². The molecular weight excluding hydrogens is 320 g/mol. The molecule has 1 aliphatic carbocycles. The number of fused-ring (bicyclic) bond motifs is 1. The molecule has 1 saturated heterocycles. The van der Waals surface area contributed by atoms with E-state index < -0.39 is 8.80 Å². The molecule has 24 heavy (non-hydrogen) atoms. The minimum absolute atomic E-state index is 0.637. The van der Waals surface area contributed by atoms with Gasteiger partial charge in [0.2, 0.25) is 0 Å². The Morgan fingerprint density at radius 2 is 1.42 bits per heavy atom. The van der Waals surface area contributed by atoms with Crippen molar-refractivity contribution in [1.82, 2.24) is 0 Å². The summed E-state index contributed by atoms with van der Waals surface area (Å²) in [4.78, 5) is 0. The van der Waals surface area contributed by atoms with Crippen LogP contribution in [-0.2, 0) is 18.0 Å². The smallest absolute Gasteiger partial charge is 0.374 e. The molecule has 4 nitrogen and oxygen atoms in total. The van der Waals surface area contributed by atoms with Gasteiger partial charge in [-0.3, -0.25) is 0 Å². The summed E-state index contributed by atoms with van der Waals surface area (Å²) in [5.74, 6) is 0.933. The van der Waals surface area contributed by atoms with Crippen LogP contribution in [0.5, 0.6) is 0 Å². The van der Waals surface area contributed by atoms with E-state index in [-0.39, 0.29) is 0 Å². The van der Waals surface area contributed by atoms with Gasteiger partial charge in [0.1, 0.15) is 0 Å². The molecule has 2 rings (SSSR count). The highest BCUT2D eigenvalue weighted by molar-refractivity contribution is 6.60. The average Bonchev–Trinajstić information content (AvgIpc) is 3.33. The first kappa shape index (κ1) is 20.4. The Morgan fingerprint density at radius 1 is 0.792 bits per heavy atom. The van der Waals surface area contributed by atoms with Crippen LogP contribution in [0.2, 0.25) is 6.04 Å². The van der Waals surface area contributed by atoms with E-state index in [9.17, 15) is 0 Å². The number of rotatable bonds is 14. The molecule has 1 aliphatic heterocycles. The SMILES string of the molecule is CCO[Si](CCCCCCCC1CCC2OC2C1)(OCC)OCC. The Labute approximate surface area is 150 Å². The fourth-order valence-electron chi connectivity index (χ4n) is 4.06. The molecule has 2 fully saturated rings. The van der Waals surface area contributed by atoms with Crippen molar-refractivity contribution in [3.63, 3.8) is 0 Å². The predicted octanol–water partition coefficient (Wildman–Crippen LogP) is 4.94. The lowest BCUT2D eigenvalue weighted by molar-refractivity contribution is 0.0706. The highest BCUT2D eigenvalue weighted by Gasteiger charge is 2.43. The summed E-state index contributed by atoms with van der Waals surface area (Å²) in [6.45, 7) is 8.12. The third-order valence-electron chi connectivity index (χ3n) is 5.30. The van der Waals surface area contributed by atoms with E-state index in [2.05, 4.69) is 0 Å². The second kappa shape index (κ2) is 10.9. The molecule has 0 aromatic carbocycles. The molecule has 0 N–H and O–H groups in total. The molecule has 2 aliphatic rings. The number of unbranched alkanes of at least 4 members (excludes halogenated alkanes) is 4. The van der Waals surface area contributed by atoms with Gasteiger partial charge < -0.3 is 18.0 Å². The molecule has 5 heteroatoms. The first-order chi connectivity index (χ1) is 11.7. The standard InChI is InChI=1S/C19H38O4Si/c1-4-20-24(21-5-2,22-6-3)15-11-9-7-8-10-12-17-13-14-18-19(16-17)23-18/h17-19H,4-16H2,1-3H3. The molecule has 0 aromatic heterocycles. The Hall–Kier alpha value is 0.0569. The monoisotopic (exact) mass is 358 g/mol. The summed E-state index contributed by atoms with van der Waals surface area (Å²) in [5, 5.41) is 0. The zero-order valence-electron chi connectivity index (χ0n) is 16.1. The zero-order valence-corrected chi connectivity index (χ0v) is 17.1. The lowest BCUT2D eigenvalue weighted by Crippen LogP contribution is -2.45. The van der Waals surface area contributed by atoms with Gasteiger partial charge in [0.25, 0.3) is 0 Å². The number of hydrogen-bond donors (Lipinski definition) is 0. The highest BCUT2D eigenvalue weighted by atomic mass is 28.4. The normalized spacial score (nSPS) is 26.4. The second-order valence-electron chi connectivity index (χ2n) is 7.18. The largest absolute Gasteiger partial charge is 0.500 e. The van der Waals surface area contributed by atoms with Crippen molar-refractivity contribution < 1.29 is 18.0 Å². The maximum Gasteiger partial charge on any atom is 0.500 e. The van der Waals surface area contributed by atoms with E-state index in [1.807, 2.05) is 20.8 Å². The lowest BCUT2D eigenvalue weighted by Gasteiger charge is -2.28. The highest BCUT2D eigenvalue weighted by Crippen LogP contribution is 2.41. The van der Waals surface area contributed by atoms with Gasteiger partial charge in [0.15, 0.2) is 0 Å². The second-order valence-corrected chi connectivity index (χ2v) is 9.91. The first-order valence-electron chi connectivity index (χ1n) is 10.3. The van der Waals surface area contributed by atoms with Crippen molar-refractivity contribution in [1.29, 1.82) is 0 Å². The van der Waals surface area contributed by atoms with Crippen LogP contribution in [0.15, 0.2) is 0 Å². The van der Waals surface area contributed by atoms with E-state index in [4.69, 9.17) is 18.0 Å². The first-order valence-corrected chi connectivity index (χ1v) is 12.2. The quantitative estimate of drug-likeness (QED) is 0.250. The number of hydrogen-bond acceptors (Lipinski definition) is 4. The van der Waals surface area contributed by atoms with Crippen molar-refractivity contribution in [2.75, 3.05) is 19.8 Å². The van der Waals surface area contributed by atoms with E-state index in [0.29, 0.717) is 32.0 Å². The van der Waals surface area contributed by atoms with Crippen molar-refractivity contribution in [2.24, 2.45) is 5.92 Å².